The number of pyridine rings is 1. The minimum atomic E-state index is -2.77. The van der Waals surface area contributed by atoms with E-state index >= 15 is 0 Å². The zero-order valence-corrected chi connectivity index (χ0v) is 7.23. The van der Waals surface area contributed by atoms with Gasteiger partial charge in [-0.25, -0.2) is 8.78 Å². The second-order valence-electron chi connectivity index (χ2n) is 2.03. The molecule has 1 heterocycles. The zero-order valence-electron chi connectivity index (χ0n) is 5.64. The molecule has 2 N–H and O–H groups in total. The van der Waals surface area contributed by atoms with E-state index in [4.69, 9.17) is 5.11 Å². The van der Waals surface area contributed by atoms with Crippen LogP contribution < -0.4 is 5.43 Å². The Labute approximate surface area is 74.2 Å². The van der Waals surface area contributed by atoms with Crippen molar-refractivity contribution in [3.05, 3.63) is 26.6 Å². The van der Waals surface area contributed by atoms with E-state index in [9.17, 15) is 13.6 Å². The lowest BCUT2D eigenvalue weighted by Crippen LogP contribution is -2.07. The summed E-state index contributed by atoms with van der Waals surface area (Å²) in [6, 6.07) is 0. The second-order valence-corrected chi connectivity index (χ2v) is 2.82. The average molecular weight is 240 g/mol. The first-order valence-electron chi connectivity index (χ1n) is 2.92. The van der Waals surface area contributed by atoms with E-state index < -0.39 is 23.3 Å². The molecule has 0 aliphatic heterocycles. The van der Waals surface area contributed by atoms with Gasteiger partial charge in [0.05, 0.1) is 4.47 Å². The van der Waals surface area contributed by atoms with Crippen LogP contribution in [0.25, 0.3) is 0 Å². The highest BCUT2D eigenvalue weighted by atomic mass is 79.9. The highest BCUT2D eigenvalue weighted by Crippen LogP contribution is 2.23. The number of aromatic nitrogens is 1. The number of hydrogen-bond acceptors (Lipinski definition) is 2. The van der Waals surface area contributed by atoms with Gasteiger partial charge in [-0.1, -0.05) is 0 Å². The van der Waals surface area contributed by atoms with Crippen molar-refractivity contribution in [1.82, 2.24) is 4.98 Å². The van der Waals surface area contributed by atoms with Crippen molar-refractivity contribution in [2.75, 3.05) is 0 Å². The van der Waals surface area contributed by atoms with E-state index in [1.165, 1.54) is 0 Å². The van der Waals surface area contributed by atoms with Crippen LogP contribution in [0.3, 0.4) is 0 Å². The van der Waals surface area contributed by atoms with E-state index in [0.29, 0.717) is 0 Å². The third kappa shape index (κ3) is 1.47. The van der Waals surface area contributed by atoms with Gasteiger partial charge in [0.25, 0.3) is 6.43 Å². The maximum Gasteiger partial charge on any atom is 0.279 e. The second kappa shape index (κ2) is 3.22. The molecule has 0 atom stereocenters. The van der Waals surface area contributed by atoms with Crippen molar-refractivity contribution < 1.29 is 13.9 Å². The molecule has 1 aromatic heterocycles. The standard InChI is InChI=1S/C6H4BrF2NO2/c7-3-4(6(8)9)10-1-2(11)5(3)12/h1,6,11H,(H,10,12). The van der Waals surface area contributed by atoms with Gasteiger partial charge in [-0.3, -0.25) is 4.79 Å². The van der Waals surface area contributed by atoms with E-state index in [-0.39, 0.29) is 4.47 Å². The number of nitrogens with one attached hydrogen (secondary N) is 1. The molecule has 0 aliphatic rings. The van der Waals surface area contributed by atoms with Gasteiger partial charge in [-0.2, -0.15) is 0 Å². The SMILES string of the molecule is O=c1c(O)c[nH]c(C(F)F)c1Br. The Bertz CT molecular complexity index is 350. The van der Waals surface area contributed by atoms with Crippen LogP contribution >= 0.6 is 15.9 Å². The van der Waals surface area contributed by atoms with E-state index in [1.807, 2.05) is 0 Å². The predicted molar refractivity (Wildman–Crippen MR) is 41.4 cm³/mol. The van der Waals surface area contributed by atoms with Crippen molar-refractivity contribution in [1.29, 1.82) is 0 Å². The number of alkyl halides is 2. The summed E-state index contributed by atoms with van der Waals surface area (Å²) in [5.74, 6) is -0.591. The Morgan fingerprint density at radius 1 is 1.58 bits per heavy atom. The van der Waals surface area contributed by atoms with Crippen molar-refractivity contribution in [2.24, 2.45) is 0 Å². The van der Waals surface area contributed by atoms with E-state index in [0.717, 1.165) is 6.20 Å². The van der Waals surface area contributed by atoms with Gasteiger partial charge in [-0.15, -0.1) is 0 Å². The van der Waals surface area contributed by atoms with Gasteiger partial charge in [0.2, 0.25) is 5.43 Å². The smallest absolute Gasteiger partial charge is 0.279 e. The van der Waals surface area contributed by atoms with Crippen LogP contribution in [0.15, 0.2) is 15.5 Å². The molecule has 0 amide bonds. The average Bonchev–Trinajstić information content (AvgIpc) is 2.00. The third-order valence-corrected chi connectivity index (χ3v) is 2.04. The molecule has 0 spiro atoms. The maximum atomic E-state index is 12.1. The summed E-state index contributed by atoms with van der Waals surface area (Å²) in [5, 5.41) is 8.79. The van der Waals surface area contributed by atoms with Crippen LogP contribution in [0.5, 0.6) is 5.75 Å². The fourth-order valence-electron chi connectivity index (χ4n) is 0.669. The highest BCUT2D eigenvalue weighted by Gasteiger charge is 2.15. The number of aromatic amines is 1. The number of H-pyrrole nitrogens is 1. The molecule has 0 bridgehead atoms. The Kier molecular flexibility index (Phi) is 2.46. The van der Waals surface area contributed by atoms with Gasteiger partial charge < -0.3 is 10.1 Å². The largest absolute Gasteiger partial charge is 0.503 e. The molecule has 0 fully saturated rings. The lowest BCUT2D eigenvalue weighted by molar-refractivity contribution is 0.145. The van der Waals surface area contributed by atoms with Crippen LogP contribution in [0, 0.1) is 0 Å². The fourth-order valence-corrected chi connectivity index (χ4v) is 1.16. The fraction of sp³-hybridized carbons (Fsp3) is 0.167. The predicted octanol–water partition coefficient (Wildman–Crippen LogP) is 1.78. The molecule has 1 aromatic rings. The molecule has 0 radical (unpaired) electrons. The molecular weight excluding hydrogens is 236 g/mol. The molecule has 0 saturated heterocycles. The molecule has 0 unspecified atom stereocenters. The Morgan fingerprint density at radius 3 is 2.67 bits per heavy atom. The minimum absolute atomic E-state index is 0.336. The first kappa shape index (κ1) is 9.18. The number of halogens is 3. The Morgan fingerprint density at radius 2 is 2.17 bits per heavy atom. The molecule has 0 aliphatic carbocycles. The van der Waals surface area contributed by atoms with Crippen LogP contribution in [-0.2, 0) is 0 Å². The summed E-state index contributed by atoms with van der Waals surface area (Å²) in [6.45, 7) is 0. The third-order valence-electron chi connectivity index (χ3n) is 1.25. The quantitative estimate of drug-likeness (QED) is 0.785. The lowest BCUT2D eigenvalue weighted by atomic mass is 10.3. The summed E-state index contributed by atoms with van der Waals surface area (Å²) in [6.07, 6.45) is -1.94. The van der Waals surface area contributed by atoms with Gasteiger partial charge in [0.1, 0.15) is 5.69 Å². The Hall–Kier alpha value is -0.910. The molecule has 3 nitrogen and oxygen atoms in total. The maximum absolute atomic E-state index is 12.1. The van der Waals surface area contributed by atoms with Gasteiger partial charge >= 0.3 is 0 Å². The minimum Gasteiger partial charge on any atom is -0.503 e. The molecule has 66 valence electrons. The lowest BCUT2D eigenvalue weighted by Gasteiger charge is -2.01. The molecule has 6 heteroatoms. The number of hydrogen-bond donors (Lipinski definition) is 2. The summed E-state index contributed by atoms with van der Waals surface area (Å²) in [5.41, 5.74) is -1.37. The van der Waals surface area contributed by atoms with Crippen LogP contribution in [0.1, 0.15) is 12.1 Å². The monoisotopic (exact) mass is 239 g/mol. The topological polar surface area (TPSA) is 53.1 Å². The highest BCUT2D eigenvalue weighted by molar-refractivity contribution is 9.10. The first-order valence-corrected chi connectivity index (χ1v) is 3.71. The van der Waals surface area contributed by atoms with Crippen molar-refractivity contribution >= 4 is 15.9 Å². The first-order chi connectivity index (χ1) is 5.54. The Balaban J connectivity index is 3.37. The number of rotatable bonds is 1. The van der Waals surface area contributed by atoms with E-state index in [2.05, 4.69) is 20.9 Å². The molecule has 12 heavy (non-hydrogen) atoms. The van der Waals surface area contributed by atoms with Crippen molar-refractivity contribution in [3.63, 3.8) is 0 Å². The normalized spacial score (nSPS) is 10.7. The van der Waals surface area contributed by atoms with Gasteiger partial charge in [-0.05, 0) is 15.9 Å². The van der Waals surface area contributed by atoms with Gasteiger partial charge in [0.15, 0.2) is 5.75 Å². The molecular formula is C6H4BrF2NO2. The number of aromatic hydroxyl groups is 1. The molecule has 1 rings (SSSR count). The van der Waals surface area contributed by atoms with E-state index in [1.54, 1.807) is 0 Å². The zero-order chi connectivity index (χ0) is 9.30. The summed E-state index contributed by atoms with van der Waals surface area (Å²) >= 11 is 2.65. The van der Waals surface area contributed by atoms with Crippen LogP contribution in [0.4, 0.5) is 8.78 Å². The van der Waals surface area contributed by atoms with Crippen LogP contribution in [0.2, 0.25) is 0 Å². The summed E-state index contributed by atoms with van der Waals surface area (Å²) in [7, 11) is 0. The summed E-state index contributed by atoms with van der Waals surface area (Å²) in [4.78, 5) is 12.9. The van der Waals surface area contributed by atoms with Crippen molar-refractivity contribution in [3.8, 4) is 5.75 Å². The summed E-state index contributed by atoms with van der Waals surface area (Å²) < 4.78 is 23.8. The van der Waals surface area contributed by atoms with Crippen molar-refractivity contribution in [2.45, 2.75) is 6.43 Å². The van der Waals surface area contributed by atoms with Gasteiger partial charge in [0, 0.05) is 6.20 Å². The van der Waals surface area contributed by atoms with Crippen LogP contribution in [-0.4, -0.2) is 10.1 Å². The molecule has 0 saturated carbocycles. The molecule has 0 aromatic carbocycles.